The van der Waals surface area contributed by atoms with Gasteiger partial charge in [-0.3, -0.25) is 4.79 Å². The molecule has 7 heteroatoms. The van der Waals surface area contributed by atoms with Gasteiger partial charge >= 0.3 is 5.97 Å². The molecule has 1 N–H and O–H groups in total. The van der Waals surface area contributed by atoms with Crippen LogP contribution in [0, 0.1) is 17.4 Å². The predicted octanol–water partition coefficient (Wildman–Crippen LogP) is 5.68. The van der Waals surface area contributed by atoms with Gasteiger partial charge in [0.25, 0.3) is 5.91 Å². The zero-order valence-electron chi connectivity index (χ0n) is 18.7. The lowest BCUT2D eigenvalue weighted by molar-refractivity contribution is 0.0733. The molecule has 6 nitrogen and oxygen atoms in total. The number of esters is 1. The highest BCUT2D eigenvalue weighted by molar-refractivity contribution is 14.1. The van der Waals surface area contributed by atoms with E-state index in [4.69, 9.17) is 4.74 Å². The van der Waals surface area contributed by atoms with E-state index in [1.165, 1.54) is 6.21 Å². The van der Waals surface area contributed by atoms with E-state index in [1.807, 2.05) is 38.1 Å². The summed E-state index contributed by atoms with van der Waals surface area (Å²) in [4.78, 5) is 24.7. The van der Waals surface area contributed by atoms with Crippen molar-refractivity contribution in [1.82, 2.24) is 9.99 Å². The van der Waals surface area contributed by atoms with Gasteiger partial charge < -0.3 is 9.30 Å². The second-order valence-corrected chi connectivity index (χ2v) is 8.80. The number of carbonyl (C=O) groups is 2. The lowest BCUT2D eigenvalue weighted by Gasteiger charge is -2.10. The lowest BCUT2D eigenvalue weighted by Crippen LogP contribution is -2.17. The van der Waals surface area contributed by atoms with Crippen molar-refractivity contribution in [3.63, 3.8) is 0 Å². The number of hydrogen-bond donors (Lipinski definition) is 1. The first-order chi connectivity index (χ1) is 16.4. The fourth-order valence-corrected chi connectivity index (χ4v) is 4.09. The Morgan fingerprint density at radius 2 is 1.53 bits per heavy atom. The molecule has 4 aromatic rings. The van der Waals surface area contributed by atoms with Crippen LogP contribution >= 0.6 is 22.6 Å². The summed E-state index contributed by atoms with van der Waals surface area (Å²) >= 11 is 2.10. The molecule has 0 atom stereocenters. The van der Waals surface area contributed by atoms with Crippen molar-refractivity contribution >= 4 is 40.7 Å². The van der Waals surface area contributed by atoms with Crippen LogP contribution in [0.2, 0.25) is 0 Å². The number of benzene rings is 3. The van der Waals surface area contributed by atoms with Crippen LogP contribution in [-0.4, -0.2) is 22.7 Å². The number of rotatable bonds is 6. The highest BCUT2D eigenvalue weighted by Gasteiger charge is 2.12. The molecule has 0 unspecified atom stereocenters. The molecule has 1 aromatic heterocycles. The van der Waals surface area contributed by atoms with Crippen molar-refractivity contribution in [2.24, 2.45) is 5.10 Å². The molecular weight excluding hydrogens is 541 g/mol. The first kappa shape index (κ1) is 23.4. The predicted molar refractivity (Wildman–Crippen MR) is 141 cm³/mol. The van der Waals surface area contributed by atoms with Crippen LogP contribution in [0.5, 0.6) is 5.75 Å². The maximum Gasteiger partial charge on any atom is 0.344 e. The fourth-order valence-electron chi connectivity index (χ4n) is 3.48. The van der Waals surface area contributed by atoms with Gasteiger partial charge in [-0.25, -0.2) is 10.2 Å². The van der Waals surface area contributed by atoms with Gasteiger partial charge in [-0.05, 0) is 115 Å². The minimum atomic E-state index is -0.410. The van der Waals surface area contributed by atoms with E-state index >= 15 is 0 Å². The molecule has 0 spiro atoms. The topological polar surface area (TPSA) is 72.7 Å². The zero-order valence-corrected chi connectivity index (χ0v) is 20.8. The Hall–Kier alpha value is -3.72. The molecule has 0 bridgehead atoms. The lowest BCUT2D eigenvalue weighted by atomic mass is 10.2. The largest absolute Gasteiger partial charge is 0.423 e. The van der Waals surface area contributed by atoms with E-state index in [0.29, 0.717) is 16.9 Å². The van der Waals surface area contributed by atoms with E-state index in [2.05, 4.69) is 49.8 Å². The molecule has 0 aliphatic carbocycles. The highest BCUT2D eigenvalue weighted by Crippen LogP contribution is 2.18. The number of aromatic nitrogens is 1. The Kier molecular flexibility index (Phi) is 7.22. The minimum absolute atomic E-state index is 0.299. The molecule has 0 saturated carbocycles. The number of hydrogen-bond acceptors (Lipinski definition) is 4. The van der Waals surface area contributed by atoms with Crippen LogP contribution in [0.3, 0.4) is 0 Å². The number of nitrogens with zero attached hydrogens (tertiary/aromatic N) is 2. The van der Waals surface area contributed by atoms with Gasteiger partial charge in [0.1, 0.15) is 5.75 Å². The second-order valence-electron chi connectivity index (χ2n) is 7.64. The van der Waals surface area contributed by atoms with Gasteiger partial charge in [0.05, 0.1) is 11.8 Å². The molecule has 0 fully saturated rings. The summed E-state index contributed by atoms with van der Waals surface area (Å²) in [6.07, 6.45) is 1.53. The van der Waals surface area contributed by atoms with Crippen molar-refractivity contribution in [2.75, 3.05) is 0 Å². The first-order valence-electron chi connectivity index (χ1n) is 10.6. The first-order valence-corrected chi connectivity index (χ1v) is 11.7. The summed E-state index contributed by atoms with van der Waals surface area (Å²) in [5.74, 6) is -0.280. The van der Waals surface area contributed by atoms with Gasteiger partial charge in [-0.2, -0.15) is 5.10 Å². The Labute approximate surface area is 211 Å². The quantitative estimate of drug-likeness (QED) is 0.108. The van der Waals surface area contributed by atoms with Gasteiger partial charge in [-0.15, -0.1) is 0 Å². The standard InChI is InChI=1S/C27H22IN3O3/c1-18-7-8-19(2)31(18)22-13-11-21(12-14-22)26(32)30-29-17-20-9-15-23(16-10-20)34-27(33)24-5-3-4-6-25(24)28/h3-17H,1-2H3,(H,30,32). The number of hydrazone groups is 1. The van der Waals surface area contributed by atoms with Gasteiger partial charge in [0, 0.05) is 26.2 Å². The number of carbonyl (C=O) groups excluding carboxylic acids is 2. The summed E-state index contributed by atoms with van der Waals surface area (Å²) in [5, 5.41) is 4.03. The number of halogens is 1. The van der Waals surface area contributed by atoms with E-state index in [0.717, 1.165) is 26.2 Å². The van der Waals surface area contributed by atoms with E-state index in [1.54, 1.807) is 48.5 Å². The molecule has 0 radical (unpaired) electrons. The highest BCUT2D eigenvalue weighted by atomic mass is 127. The van der Waals surface area contributed by atoms with Crippen LogP contribution in [0.1, 0.15) is 37.7 Å². The molecule has 3 aromatic carbocycles. The Morgan fingerprint density at radius 3 is 2.18 bits per heavy atom. The maximum absolute atomic E-state index is 12.4. The van der Waals surface area contributed by atoms with Crippen LogP contribution in [0.15, 0.2) is 90.0 Å². The van der Waals surface area contributed by atoms with Crippen molar-refractivity contribution < 1.29 is 14.3 Å². The number of amides is 1. The van der Waals surface area contributed by atoms with Crippen LogP contribution in [-0.2, 0) is 0 Å². The van der Waals surface area contributed by atoms with Gasteiger partial charge in [0.2, 0.25) is 0 Å². The Morgan fingerprint density at radius 1 is 0.882 bits per heavy atom. The van der Waals surface area contributed by atoms with Gasteiger partial charge in [-0.1, -0.05) is 12.1 Å². The fraction of sp³-hybridized carbons (Fsp3) is 0.0741. The zero-order chi connectivity index (χ0) is 24.1. The monoisotopic (exact) mass is 563 g/mol. The molecule has 0 aliphatic rings. The summed E-state index contributed by atoms with van der Waals surface area (Å²) in [5.41, 5.74) is 7.59. The van der Waals surface area contributed by atoms with Crippen molar-refractivity contribution in [2.45, 2.75) is 13.8 Å². The Balaban J connectivity index is 1.34. The average molecular weight is 563 g/mol. The maximum atomic E-state index is 12.4. The smallest absolute Gasteiger partial charge is 0.344 e. The summed E-state index contributed by atoms with van der Waals surface area (Å²) in [6.45, 7) is 4.09. The second kappa shape index (κ2) is 10.5. The van der Waals surface area contributed by atoms with Crippen molar-refractivity contribution in [3.05, 3.63) is 117 Å². The SMILES string of the molecule is Cc1ccc(C)n1-c1ccc(C(=O)NN=Cc2ccc(OC(=O)c3ccccc3I)cc2)cc1. The molecule has 0 aliphatic heterocycles. The van der Waals surface area contributed by atoms with E-state index in [9.17, 15) is 9.59 Å². The Bertz CT molecular complexity index is 1340. The number of nitrogens with one attached hydrogen (secondary N) is 1. The molecule has 1 heterocycles. The average Bonchev–Trinajstić information content (AvgIpc) is 3.18. The number of ether oxygens (including phenoxy) is 1. The van der Waals surface area contributed by atoms with E-state index < -0.39 is 5.97 Å². The molecule has 34 heavy (non-hydrogen) atoms. The third kappa shape index (κ3) is 5.43. The molecule has 0 saturated heterocycles. The molecular formula is C27H22IN3O3. The summed E-state index contributed by atoms with van der Waals surface area (Å²) in [7, 11) is 0. The van der Waals surface area contributed by atoms with Crippen LogP contribution < -0.4 is 10.2 Å². The third-order valence-electron chi connectivity index (χ3n) is 5.22. The molecule has 4 rings (SSSR count). The normalized spacial score (nSPS) is 10.9. The van der Waals surface area contributed by atoms with E-state index in [-0.39, 0.29) is 5.91 Å². The summed E-state index contributed by atoms with van der Waals surface area (Å²) < 4.78 is 8.38. The van der Waals surface area contributed by atoms with Crippen LogP contribution in [0.4, 0.5) is 0 Å². The summed E-state index contributed by atoms with van der Waals surface area (Å²) in [6, 6.07) is 25.6. The van der Waals surface area contributed by atoms with Gasteiger partial charge in [0.15, 0.2) is 0 Å². The van der Waals surface area contributed by atoms with Crippen molar-refractivity contribution in [1.29, 1.82) is 0 Å². The minimum Gasteiger partial charge on any atom is -0.423 e. The third-order valence-corrected chi connectivity index (χ3v) is 6.16. The molecule has 170 valence electrons. The van der Waals surface area contributed by atoms with Crippen LogP contribution in [0.25, 0.3) is 5.69 Å². The number of aryl methyl sites for hydroxylation is 2. The molecule has 1 amide bonds. The van der Waals surface area contributed by atoms with Crippen molar-refractivity contribution in [3.8, 4) is 11.4 Å².